The molecule has 0 heterocycles. The molecule has 2 amide bonds. The largest absolute Gasteiger partial charge is 0.480 e. The molecule has 0 spiro atoms. The highest BCUT2D eigenvalue weighted by atomic mass is 19.3. The molecule has 7 nitrogen and oxygen atoms in total. The Morgan fingerprint density at radius 1 is 0.971 bits per heavy atom. The van der Waals surface area contributed by atoms with Crippen LogP contribution in [0.1, 0.15) is 43.7 Å². The van der Waals surface area contributed by atoms with Gasteiger partial charge in [-0.2, -0.15) is 0 Å². The van der Waals surface area contributed by atoms with Gasteiger partial charge in [0.05, 0.1) is 0 Å². The van der Waals surface area contributed by atoms with Crippen molar-refractivity contribution in [3.8, 4) is 11.1 Å². The number of aliphatic carboxylic acids is 1. The number of carbonyl (C=O) groups is 3. The summed E-state index contributed by atoms with van der Waals surface area (Å²) >= 11 is 0. The molecule has 2 aromatic rings. The van der Waals surface area contributed by atoms with Crippen molar-refractivity contribution < 1.29 is 33.0 Å². The lowest BCUT2D eigenvalue weighted by Gasteiger charge is -2.21. The van der Waals surface area contributed by atoms with Crippen molar-refractivity contribution in [1.29, 1.82) is 0 Å². The molecular weight excluding hydrogens is 458 g/mol. The van der Waals surface area contributed by atoms with Crippen LogP contribution in [0.5, 0.6) is 0 Å². The Morgan fingerprint density at radius 2 is 1.54 bits per heavy atom. The number of hydrogen-bond donors (Lipinski definition) is 3. The minimum absolute atomic E-state index is 0.0278. The van der Waals surface area contributed by atoms with Crippen molar-refractivity contribution in [3.05, 3.63) is 71.3 Å². The highest BCUT2D eigenvalue weighted by Gasteiger charge is 2.31. The molecule has 0 saturated heterocycles. The Hall–Kier alpha value is -3.75. The van der Waals surface area contributed by atoms with E-state index in [1.165, 1.54) is 0 Å². The van der Waals surface area contributed by atoms with Crippen LogP contribution in [0.2, 0.25) is 0 Å². The van der Waals surface area contributed by atoms with Gasteiger partial charge in [0.15, 0.2) is 0 Å². The smallest absolute Gasteiger partial charge is 0.407 e. The third-order valence-electron chi connectivity index (χ3n) is 5.74. The molecule has 0 aromatic heterocycles. The molecule has 2 unspecified atom stereocenters. The molecule has 1 aliphatic rings. The van der Waals surface area contributed by atoms with E-state index in [1.807, 2.05) is 48.5 Å². The van der Waals surface area contributed by atoms with Crippen molar-refractivity contribution in [1.82, 2.24) is 10.6 Å². The monoisotopic (exact) mass is 486 g/mol. The third kappa shape index (κ3) is 6.65. The lowest BCUT2D eigenvalue weighted by atomic mass is 9.98. The molecule has 0 saturated carbocycles. The number of carboxylic acids is 1. The second-order valence-electron chi connectivity index (χ2n) is 8.57. The minimum atomic E-state index is -2.91. The molecule has 0 aliphatic heterocycles. The number of rotatable bonds is 10. The maximum absolute atomic E-state index is 12.7. The van der Waals surface area contributed by atoms with Gasteiger partial charge in [0.2, 0.25) is 12.3 Å². The van der Waals surface area contributed by atoms with Gasteiger partial charge in [-0.3, -0.25) is 4.79 Å². The second kappa shape index (κ2) is 11.6. The van der Waals surface area contributed by atoms with Gasteiger partial charge in [-0.05, 0) is 42.5 Å². The van der Waals surface area contributed by atoms with Crippen LogP contribution in [0.15, 0.2) is 60.2 Å². The summed E-state index contributed by atoms with van der Waals surface area (Å²) in [7, 11) is 0. The number of halogens is 2. The number of ether oxygens (including phenoxy) is 1. The Kier molecular flexibility index (Phi) is 8.57. The zero-order chi connectivity index (χ0) is 25.5. The Balaban J connectivity index is 1.68. The van der Waals surface area contributed by atoms with Crippen LogP contribution in [0, 0.1) is 0 Å². The molecule has 0 fully saturated rings. The maximum atomic E-state index is 12.7. The Labute approximate surface area is 202 Å². The first-order valence-electron chi connectivity index (χ1n) is 11.2. The molecule has 9 heteroatoms. The van der Waals surface area contributed by atoms with Crippen LogP contribution in [-0.4, -0.2) is 48.2 Å². The molecule has 1 aliphatic carbocycles. The van der Waals surface area contributed by atoms with Gasteiger partial charge in [-0.1, -0.05) is 60.2 Å². The highest BCUT2D eigenvalue weighted by Crippen LogP contribution is 2.44. The van der Waals surface area contributed by atoms with E-state index in [-0.39, 0.29) is 18.9 Å². The van der Waals surface area contributed by atoms with Gasteiger partial charge in [0.1, 0.15) is 18.7 Å². The predicted molar refractivity (Wildman–Crippen MR) is 126 cm³/mol. The minimum Gasteiger partial charge on any atom is -0.480 e. The Bertz CT molecular complexity index is 1070. The number of benzene rings is 2. The summed E-state index contributed by atoms with van der Waals surface area (Å²) in [5.74, 6) is -2.65. The normalized spacial score (nSPS) is 13.9. The van der Waals surface area contributed by atoms with Gasteiger partial charge < -0.3 is 20.5 Å². The third-order valence-corrected chi connectivity index (χ3v) is 5.74. The van der Waals surface area contributed by atoms with E-state index in [1.54, 1.807) is 19.9 Å². The van der Waals surface area contributed by atoms with Gasteiger partial charge in [-0.15, -0.1) is 0 Å². The molecule has 0 bridgehead atoms. The van der Waals surface area contributed by atoms with E-state index < -0.39 is 42.9 Å². The van der Waals surface area contributed by atoms with Gasteiger partial charge in [-0.25, -0.2) is 18.4 Å². The van der Waals surface area contributed by atoms with Crippen molar-refractivity contribution >= 4 is 18.0 Å². The topological polar surface area (TPSA) is 105 Å². The number of alkyl carbamates (subject to hydrolysis) is 1. The molecular formula is C26H28F2N2O5. The van der Waals surface area contributed by atoms with Gasteiger partial charge in [0, 0.05) is 12.3 Å². The summed E-state index contributed by atoms with van der Waals surface area (Å²) in [6.45, 7) is 3.61. The summed E-state index contributed by atoms with van der Waals surface area (Å²) in [6, 6.07) is 12.7. The van der Waals surface area contributed by atoms with E-state index in [9.17, 15) is 23.2 Å². The average molecular weight is 487 g/mol. The lowest BCUT2D eigenvalue weighted by molar-refractivity contribution is -0.143. The van der Waals surface area contributed by atoms with Gasteiger partial charge in [0.25, 0.3) is 0 Å². The number of fused-ring (bicyclic) bond motifs is 3. The molecule has 0 radical (unpaired) electrons. The van der Waals surface area contributed by atoms with E-state index >= 15 is 0 Å². The fraction of sp³-hybridized carbons (Fsp3) is 0.346. The summed E-state index contributed by atoms with van der Waals surface area (Å²) in [6.07, 6.45) is -3.10. The van der Waals surface area contributed by atoms with Crippen molar-refractivity contribution in [2.24, 2.45) is 0 Å². The summed E-state index contributed by atoms with van der Waals surface area (Å²) < 4.78 is 30.9. The number of carboxylic acid groups (broad SMARTS) is 1. The molecule has 3 N–H and O–H groups in total. The molecule has 2 aromatic carbocycles. The zero-order valence-corrected chi connectivity index (χ0v) is 19.5. The number of alkyl halides is 2. The summed E-state index contributed by atoms with van der Waals surface area (Å²) in [4.78, 5) is 36.5. The van der Waals surface area contributed by atoms with E-state index in [0.717, 1.165) is 27.8 Å². The number of hydrogen-bond acceptors (Lipinski definition) is 4. The van der Waals surface area contributed by atoms with Crippen LogP contribution < -0.4 is 10.6 Å². The first-order chi connectivity index (χ1) is 16.7. The SMILES string of the molecule is CC(C)=CCC(NC(=O)OCC1c2ccccc2-c2ccccc21)C(=O)NC(CC(F)F)C(=O)O. The van der Waals surface area contributed by atoms with Crippen molar-refractivity contribution in [2.75, 3.05) is 6.61 Å². The van der Waals surface area contributed by atoms with Crippen molar-refractivity contribution in [2.45, 2.75) is 51.1 Å². The average Bonchev–Trinajstić information content (AvgIpc) is 3.13. The molecule has 3 rings (SSSR count). The zero-order valence-electron chi connectivity index (χ0n) is 19.5. The fourth-order valence-corrected chi connectivity index (χ4v) is 4.04. The number of carbonyl (C=O) groups excluding carboxylic acids is 2. The van der Waals surface area contributed by atoms with E-state index in [4.69, 9.17) is 9.84 Å². The van der Waals surface area contributed by atoms with Crippen LogP contribution >= 0.6 is 0 Å². The van der Waals surface area contributed by atoms with Crippen LogP contribution in [0.4, 0.5) is 13.6 Å². The highest BCUT2D eigenvalue weighted by molar-refractivity contribution is 5.89. The maximum Gasteiger partial charge on any atom is 0.407 e. The van der Waals surface area contributed by atoms with E-state index in [2.05, 4.69) is 10.6 Å². The Morgan fingerprint density at radius 3 is 2.06 bits per heavy atom. The summed E-state index contributed by atoms with van der Waals surface area (Å²) in [5, 5.41) is 13.7. The van der Waals surface area contributed by atoms with Crippen LogP contribution in [0.3, 0.4) is 0 Å². The number of nitrogens with one attached hydrogen (secondary N) is 2. The standard InChI is InChI=1S/C26H28F2N2O5/c1-15(2)11-12-21(24(31)29-22(25(32)33)13-23(27)28)30-26(34)35-14-20-18-9-5-3-7-16(18)17-8-4-6-10-19(17)20/h3-11,20-23H,12-14H2,1-2H3,(H,29,31)(H,30,34)(H,32,33). The summed E-state index contributed by atoms with van der Waals surface area (Å²) in [5.41, 5.74) is 5.04. The van der Waals surface area contributed by atoms with Crippen LogP contribution in [0.25, 0.3) is 11.1 Å². The first kappa shape index (κ1) is 25.9. The van der Waals surface area contributed by atoms with E-state index in [0.29, 0.717) is 0 Å². The number of amides is 2. The quantitative estimate of drug-likeness (QED) is 0.430. The van der Waals surface area contributed by atoms with Gasteiger partial charge >= 0.3 is 12.1 Å². The molecule has 35 heavy (non-hydrogen) atoms. The fourth-order valence-electron chi connectivity index (χ4n) is 4.04. The second-order valence-corrected chi connectivity index (χ2v) is 8.57. The molecule has 186 valence electrons. The number of allylic oxidation sites excluding steroid dienone is 1. The first-order valence-corrected chi connectivity index (χ1v) is 11.2. The van der Waals surface area contributed by atoms with Crippen LogP contribution in [-0.2, 0) is 14.3 Å². The molecule has 2 atom stereocenters. The predicted octanol–water partition coefficient (Wildman–Crippen LogP) is 4.47. The lowest BCUT2D eigenvalue weighted by Crippen LogP contribution is -2.52. The van der Waals surface area contributed by atoms with Crippen molar-refractivity contribution in [3.63, 3.8) is 0 Å².